The zero-order valence-electron chi connectivity index (χ0n) is 12.9. The topological polar surface area (TPSA) is 81.6 Å². The SMILES string of the molecule is CC(C)(C)OC(=O)N1CCc2cccc(-c3cc(N)on3)c21. The Labute approximate surface area is 128 Å². The number of amides is 1. The lowest BCUT2D eigenvalue weighted by atomic mass is 10.0. The highest BCUT2D eigenvalue weighted by atomic mass is 16.6. The highest BCUT2D eigenvalue weighted by Crippen LogP contribution is 2.38. The highest BCUT2D eigenvalue weighted by Gasteiger charge is 2.31. The first-order valence-corrected chi connectivity index (χ1v) is 7.20. The lowest BCUT2D eigenvalue weighted by Crippen LogP contribution is -2.35. The lowest BCUT2D eigenvalue weighted by molar-refractivity contribution is 0.0584. The molecular weight excluding hydrogens is 282 g/mol. The van der Waals surface area contributed by atoms with E-state index in [1.165, 1.54) is 0 Å². The van der Waals surface area contributed by atoms with E-state index in [1.54, 1.807) is 11.0 Å². The molecule has 6 heteroatoms. The maximum atomic E-state index is 12.4. The predicted molar refractivity (Wildman–Crippen MR) is 83.6 cm³/mol. The van der Waals surface area contributed by atoms with Crippen LogP contribution in [0.5, 0.6) is 0 Å². The van der Waals surface area contributed by atoms with Crippen LogP contribution in [0.4, 0.5) is 16.4 Å². The standard InChI is InChI=1S/C16H19N3O3/c1-16(2,3)21-15(20)19-8-7-10-5-4-6-11(14(10)19)12-9-13(17)22-18-12/h4-6,9H,7-8,17H2,1-3H3. The van der Waals surface area contributed by atoms with Gasteiger partial charge in [-0.05, 0) is 32.8 Å². The number of rotatable bonds is 1. The van der Waals surface area contributed by atoms with Gasteiger partial charge in [-0.25, -0.2) is 4.79 Å². The van der Waals surface area contributed by atoms with Crippen molar-refractivity contribution in [3.8, 4) is 11.3 Å². The zero-order valence-corrected chi connectivity index (χ0v) is 12.9. The van der Waals surface area contributed by atoms with Crippen molar-refractivity contribution in [2.75, 3.05) is 17.2 Å². The second kappa shape index (κ2) is 5.05. The summed E-state index contributed by atoms with van der Waals surface area (Å²) in [5, 5.41) is 3.95. The summed E-state index contributed by atoms with van der Waals surface area (Å²) in [4.78, 5) is 14.1. The molecular formula is C16H19N3O3. The molecule has 0 aliphatic carbocycles. The lowest BCUT2D eigenvalue weighted by Gasteiger charge is -2.25. The number of nitrogens with zero attached hydrogens (tertiary/aromatic N) is 2. The molecule has 1 aromatic heterocycles. The molecule has 0 atom stereocenters. The smallest absolute Gasteiger partial charge is 0.414 e. The third-order valence-electron chi connectivity index (χ3n) is 3.41. The molecule has 0 spiro atoms. The van der Waals surface area contributed by atoms with Crippen molar-refractivity contribution in [2.24, 2.45) is 0 Å². The van der Waals surface area contributed by atoms with Gasteiger partial charge in [0.1, 0.15) is 11.3 Å². The summed E-state index contributed by atoms with van der Waals surface area (Å²) in [6.07, 6.45) is 0.436. The largest absolute Gasteiger partial charge is 0.443 e. The fourth-order valence-corrected chi connectivity index (χ4v) is 2.58. The van der Waals surface area contributed by atoms with E-state index in [1.807, 2.05) is 39.0 Å². The molecule has 116 valence electrons. The number of benzene rings is 1. The quantitative estimate of drug-likeness (QED) is 0.874. The van der Waals surface area contributed by atoms with Crippen molar-refractivity contribution < 1.29 is 14.1 Å². The first-order valence-electron chi connectivity index (χ1n) is 7.20. The monoisotopic (exact) mass is 301 g/mol. The number of para-hydroxylation sites is 1. The summed E-state index contributed by atoms with van der Waals surface area (Å²) in [7, 11) is 0. The number of carbonyl (C=O) groups excluding carboxylic acids is 1. The van der Waals surface area contributed by atoms with Crippen molar-refractivity contribution in [1.82, 2.24) is 5.16 Å². The van der Waals surface area contributed by atoms with Crippen LogP contribution in [0.1, 0.15) is 26.3 Å². The minimum Gasteiger partial charge on any atom is -0.443 e. The number of hydrogen-bond acceptors (Lipinski definition) is 5. The van der Waals surface area contributed by atoms with Gasteiger partial charge in [-0.2, -0.15) is 0 Å². The fourth-order valence-electron chi connectivity index (χ4n) is 2.58. The van der Waals surface area contributed by atoms with Crippen LogP contribution in [0.2, 0.25) is 0 Å². The number of hydrogen-bond donors (Lipinski definition) is 1. The van der Waals surface area contributed by atoms with E-state index in [2.05, 4.69) is 5.16 Å². The molecule has 22 heavy (non-hydrogen) atoms. The summed E-state index contributed by atoms with van der Waals surface area (Å²) in [5.74, 6) is 0.245. The van der Waals surface area contributed by atoms with Gasteiger partial charge in [-0.3, -0.25) is 4.90 Å². The molecule has 0 fully saturated rings. The van der Waals surface area contributed by atoms with Gasteiger partial charge in [-0.15, -0.1) is 0 Å². The molecule has 1 amide bonds. The Kier molecular flexibility index (Phi) is 3.31. The molecule has 1 aliphatic rings. The molecule has 0 bridgehead atoms. The van der Waals surface area contributed by atoms with Gasteiger partial charge in [0.05, 0.1) is 5.69 Å². The number of fused-ring (bicyclic) bond motifs is 1. The summed E-state index contributed by atoms with van der Waals surface area (Å²) in [6, 6.07) is 7.50. The van der Waals surface area contributed by atoms with Crippen molar-refractivity contribution in [1.29, 1.82) is 0 Å². The molecule has 2 N–H and O–H groups in total. The molecule has 1 aliphatic heterocycles. The molecule has 2 aromatic rings. The van der Waals surface area contributed by atoms with Gasteiger partial charge >= 0.3 is 6.09 Å². The molecule has 6 nitrogen and oxygen atoms in total. The maximum absolute atomic E-state index is 12.4. The number of anilines is 2. The van der Waals surface area contributed by atoms with Crippen LogP contribution in [-0.2, 0) is 11.2 Å². The van der Waals surface area contributed by atoms with Gasteiger partial charge in [0.25, 0.3) is 0 Å². The Morgan fingerprint density at radius 3 is 2.82 bits per heavy atom. The summed E-state index contributed by atoms with van der Waals surface area (Å²) < 4.78 is 10.4. The number of nitrogen functional groups attached to an aromatic ring is 1. The van der Waals surface area contributed by atoms with Crippen LogP contribution in [0.15, 0.2) is 28.8 Å². The average molecular weight is 301 g/mol. The van der Waals surface area contributed by atoms with Crippen LogP contribution in [0.3, 0.4) is 0 Å². The zero-order chi connectivity index (χ0) is 15.9. The fraction of sp³-hybridized carbons (Fsp3) is 0.375. The number of nitrogens with two attached hydrogens (primary N) is 1. The van der Waals surface area contributed by atoms with E-state index in [0.29, 0.717) is 12.2 Å². The Morgan fingerprint density at radius 1 is 1.41 bits per heavy atom. The Balaban J connectivity index is 2.01. The van der Waals surface area contributed by atoms with Gasteiger partial charge in [0, 0.05) is 18.2 Å². The Morgan fingerprint density at radius 2 is 2.18 bits per heavy atom. The summed E-state index contributed by atoms with van der Waals surface area (Å²) in [6.45, 7) is 6.15. The van der Waals surface area contributed by atoms with Gasteiger partial charge in [0.15, 0.2) is 0 Å². The second-order valence-electron chi connectivity index (χ2n) is 6.31. The average Bonchev–Trinajstić information content (AvgIpc) is 3.02. The Bertz CT molecular complexity index is 716. The van der Waals surface area contributed by atoms with E-state index in [4.69, 9.17) is 15.0 Å². The molecule has 0 unspecified atom stereocenters. The minimum atomic E-state index is -0.535. The summed E-state index contributed by atoms with van der Waals surface area (Å²) >= 11 is 0. The molecule has 2 heterocycles. The predicted octanol–water partition coefficient (Wildman–Crippen LogP) is 3.22. The second-order valence-corrected chi connectivity index (χ2v) is 6.31. The van der Waals surface area contributed by atoms with E-state index in [-0.39, 0.29) is 12.0 Å². The van der Waals surface area contributed by atoms with Gasteiger partial charge in [-0.1, -0.05) is 23.4 Å². The van der Waals surface area contributed by atoms with Gasteiger partial charge < -0.3 is 15.0 Å². The number of carbonyl (C=O) groups is 1. The summed E-state index contributed by atoms with van der Waals surface area (Å²) in [5.41, 5.74) is 8.42. The third kappa shape index (κ3) is 2.64. The van der Waals surface area contributed by atoms with Gasteiger partial charge in [0.2, 0.25) is 5.88 Å². The van der Waals surface area contributed by atoms with E-state index in [9.17, 15) is 4.79 Å². The maximum Gasteiger partial charge on any atom is 0.414 e. The first kappa shape index (κ1) is 14.4. The number of aromatic nitrogens is 1. The van der Waals surface area contributed by atoms with E-state index < -0.39 is 5.60 Å². The van der Waals surface area contributed by atoms with Crippen molar-refractivity contribution in [3.05, 3.63) is 29.8 Å². The minimum absolute atomic E-state index is 0.245. The van der Waals surface area contributed by atoms with Crippen LogP contribution >= 0.6 is 0 Å². The van der Waals surface area contributed by atoms with Crippen LogP contribution in [0.25, 0.3) is 11.3 Å². The highest BCUT2D eigenvalue weighted by molar-refractivity contribution is 5.96. The van der Waals surface area contributed by atoms with Crippen molar-refractivity contribution in [2.45, 2.75) is 32.8 Å². The van der Waals surface area contributed by atoms with E-state index in [0.717, 1.165) is 23.2 Å². The Hall–Kier alpha value is -2.50. The van der Waals surface area contributed by atoms with Crippen LogP contribution < -0.4 is 10.6 Å². The van der Waals surface area contributed by atoms with E-state index >= 15 is 0 Å². The molecule has 3 rings (SSSR count). The van der Waals surface area contributed by atoms with Crippen molar-refractivity contribution >= 4 is 17.7 Å². The normalized spacial score (nSPS) is 14.0. The van der Waals surface area contributed by atoms with Crippen LogP contribution in [-0.4, -0.2) is 23.4 Å². The molecule has 1 aromatic carbocycles. The van der Waals surface area contributed by atoms with Crippen molar-refractivity contribution in [3.63, 3.8) is 0 Å². The third-order valence-corrected chi connectivity index (χ3v) is 3.41. The number of ether oxygens (including phenoxy) is 1. The molecule has 0 saturated carbocycles. The first-order chi connectivity index (χ1) is 10.3. The van der Waals surface area contributed by atoms with Crippen LogP contribution in [0, 0.1) is 0 Å². The molecule has 0 saturated heterocycles. The molecule has 0 radical (unpaired) electrons.